The van der Waals surface area contributed by atoms with Crippen molar-refractivity contribution in [3.05, 3.63) is 34.2 Å². The van der Waals surface area contributed by atoms with Gasteiger partial charge in [0, 0.05) is 24.9 Å². The summed E-state index contributed by atoms with van der Waals surface area (Å²) >= 11 is 0. The van der Waals surface area contributed by atoms with E-state index in [2.05, 4.69) is 5.32 Å². The first-order valence-electron chi connectivity index (χ1n) is 8.21. The van der Waals surface area contributed by atoms with Gasteiger partial charge < -0.3 is 14.6 Å². The van der Waals surface area contributed by atoms with Gasteiger partial charge >= 0.3 is 0 Å². The van der Waals surface area contributed by atoms with Crippen LogP contribution in [0.2, 0.25) is 0 Å². The summed E-state index contributed by atoms with van der Waals surface area (Å²) in [6.45, 7) is 3.10. The zero-order chi connectivity index (χ0) is 15.8. The number of rotatable bonds is 7. The third-order valence-corrected chi connectivity index (χ3v) is 4.07. The molecule has 0 spiro atoms. The molecule has 0 bridgehead atoms. The molecule has 2 rings (SSSR count). The van der Waals surface area contributed by atoms with Crippen LogP contribution < -0.4 is 10.9 Å². The lowest BCUT2D eigenvalue weighted by molar-refractivity contribution is -0.121. The van der Waals surface area contributed by atoms with Gasteiger partial charge in [0.15, 0.2) is 0 Å². The molecule has 0 aromatic carbocycles. The Hall–Kier alpha value is -1.62. The molecule has 0 saturated heterocycles. The van der Waals surface area contributed by atoms with Crippen molar-refractivity contribution in [2.24, 2.45) is 0 Å². The number of carbonyl (C=O) groups is 1. The Morgan fingerprint density at radius 1 is 1.36 bits per heavy atom. The van der Waals surface area contributed by atoms with E-state index < -0.39 is 0 Å². The Bertz CT molecular complexity index is 533. The van der Waals surface area contributed by atoms with E-state index in [1.165, 1.54) is 36.7 Å². The third kappa shape index (κ3) is 5.30. The first kappa shape index (κ1) is 16.7. The number of carbonyl (C=O) groups excluding carboxylic acids is 1. The van der Waals surface area contributed by atoms with Crippen LogP contribution in [0.4, 0.5) is 0 Å². The van der Waals surface area contributed by atoms with Crippen LogP contribution in [-0.4, -0.2) is 29.7 Å². The fourth-order valence-corrected chi connectivity index (χ4v) is 2.77. The zero-order valence-corrected chi connectivity index (χ0v) is 13.3. The molecule has 1 aliphatic rings. The molecule has 5 heteroatoms. The van der Waals surface area contributed by atoms with Crippen LogP contribution in [0.1, 0.15) is 44.1 Å². The fourth-order valence-electron chi connectivity index (χ4n) is 2.77. The predicted molar refractivity (Wildman–Crippen MR) is 85.9 cm³/mol. The van der Waals surface area contributed by atoms with Gasteiger partial charge in [0.1, 0.15) is 6.54 Å². The molecule has 0 aliphatic heterocycles. The van der Waals surface area contributed by atoms with Crippen molar-refractivity contribution in [1.29, 1.82) is 0 Å². The number of pyridine rings is 1. The van der Waals surface area contributed by atoms with Gasteiger partial charge in [-0.25, -0.2) is 0 Å². The van der Waals surface area contributed by atoms with Crippen LogP contribution >= 0.6 is 0 Å². The molecular formula is C17H26N2O3. The average molecular weight is 306 g/mol. The Morgan fingerprint density at radius 2 is 2.14 bits per heavy atom. The first-order chi connectivity index (χ1) is 10.7. The summed E-state index contributed by atoms with van der Waals surface area (Å²) in [4.78, 5) is 23.6. The quantitative estimate of drug-likeness (QED) is 0.784. The van der Waals surface area contributed by atoms with Gasteiger partial charge in [0.2, 0.25) is 5.91 Å². The molecule has 0 unspecified atom stereocenters. The summed E-state index contributed by atoms with van der Waals surface area (Å²) < 4.78 is 7.25. The lowest BCUT2D eigenvalue weighted by atomic mass is 9.98. The number of hydrogen-bond donors (Lipinski definition) is 1. The topological polar surface area (TPSA) is 60.3 Å². The number of amides is 1. The highest BCUT2D eigenvalue weighted by Gasteiger charge is 2.13. The number of hydrogen-bond acceptors (Lipinski definition) is 3. The number of ether oxygens (including phenoxy) is 1. The highest BCUT2D eigenvalue weighted by molar-refractivity contribution is 5.75. The van der Waals surface area contributed by atoms with Crippen molar-refractivity contribution in [3.63, 3.8) is 0 Å². The van der Waals surface area contributed by atoms with Gasteiger partial charge in [-0.1, -0.05) is 25.3 Å². The Balaban J connectivity index is 1.61. The van der Waals surface area contributed by atoms with E-state index in [0.29, 0.717) is 24.8 Å². The second kappa shape index (κ2) is 8.73. The Morgan fingerprint density at radius 3 is 2.91 bits per heavy atom. The minimum atomic E-state index is -0.134. The van der Waals surface area contributed by atoms with E-state index in [1.807, 2.05) is 0 Å². The van der Waals surface area contributed by atoms with E-state index in [1.54, 1.807) is 25.3 Å². The van der Waals surface area contributed by atoms with Gasteiger partial charge in [-0.15, -0.1) is 0 Å². The number of nitrogens with one attached hydrogen (secondary N) is 1. The Kier molecular flexibility index (Phi) is 6.65. The molecule has 1 fully saturated rings. The Labute approximate surface area is 131 Å². The molecule has 122 valence electrons. The molecule has 1 N–H and O–H groups in total. The standard InChI is InChI=1S/C17H26N2O3/c1-14-7-5-11-19(17(14)21)13-16(20)18-10-6-12-22-15-8-3-2-4-9-15/h5,7,11,15H,2-4,6,8-10,12-13H2,1H3,(H,18,20). The highest BCUT2D eigenvalue weighted by atomic mass is 16.5. The summed E-state index contributed by atoms with van der Waals surface area (Å²) in [7, 11) is 0. The summed E-state index contributed by atoms with van der Waals surface area (Å²) in [5, 5.41) is 2.84. The van der Waals surface area contributed by atoms with Crippen molar-refractivity contribution in [2.45, 2.75) is 58.1 Å². The molecule has 1 aromatic rings. The average Bonchev–Trinajstić information content (AvgIpc) is 2.52. The molecular weight excluding hydrogens is 280 g/mol. The first-order valence-corrected chi connectivity index (χ1v) is 8.21. The summed E-state index contributed by atoms with van der Waals surface area (Å²) in [5.41, 5.74) is 0.537. The van der Waals surface area contributed by atoms with Crippen LogP contribution in [-0.2, 0) is 16.1 Å². The summed E-state index contributed by atoms with van der Waals surface area (Å²) in [6.07, 6.45) is 9.07. The van der Waals surface area contributed by atoms with E-state index >= 15 is 0 Å². The second-order valence-electron chi connectivity index (χ2n) is 5.96. The van der Waals surface area contributed by atoms with Gasteiger partial charge in [-0.05, 0) is 32.3 Å². The smallest absolute Gasteiger partial charge is 0.253 e. The van der Waals surface area contributed by atoms with E-state index in [-0.39, 0.29) is 18.0 Å². The SMILES string of the molecule is Cc1cccn(CC(=O)NCCCOC2CCCCC2)c1=O. The maximum absolute atomic E-state index is 11.8. The predicted octanol–water partition coefficient (Wildman–Crippen LogP) is 2.01. The largest absolute Gasteiger partial charge is 0.378 e. The molecule has 1 aromatic heterocycles. The normalized spacial score (nSPS) is 15.7. The van der Waals surface area contributed by atoms with Crippen LogP contribution in [0.3, 0.4) is 0 Å². The second-order valence-corrected chi connectivity index (χ2v) is 5.96. The monoisotopic (exact) mass is 306 g/mol. The van der Waals surface area contributed by atoms with Crippen LogP contribution in [0.15, 0.2) is 23.1 Å². The zero-order valence-electron chi connectivity index (χ0n) is 13.3. The van der Waals surface area contributed by atoms with E-state index in [4.69, 9.17) is 4.74 Å². The molecule has 1 aliphatic carbocycles. The van der Waals surface area contributed by atoms with E-state index in [0.717, 1.165) is 6.42 Å². The minimum absolute atomic E-state index is 0.0734. The van der Waals surface area contributed by atoms with Crippen LogP contribution in [0.5, 0.6) is 0 Å². The maximum Gasteiger partial charge on any atom is 0.253 e. The van der Waals surface area contributed by atoms with Crippen LogP contribution in [0.25, 0.3) is 0 Å². The fraction of sp³-hybridized carbons (Fsp3) is 0.647. The number of aryl methyl sites for hydroxylation is 1. The molecule has 1 saturated carbocycles. The summed E-state index contributed by atoms with van der Waals surface area (Å²) in [6, 6.07) is 3.53. The van der Waals surface area contributed by atoms with Gasteiger partial charge in [0.05, 0.1) is 6.10 Å². The van der Waals surface area contributed by atoms with Crippen molar-refractivity contribution >= 4 is 5.91 Å². The van der Waals surface area contributed by atoms with Crippen molar-refractivity contribution in [2.75, 3.05) is 13.2 Å². The van der Waals surface area contributed by atoms with Crippen molar-refractivity contribution in [1.82, 2.24) is 9.88 Å². The highest BCUT2D eigenvalue weighted by Crippen LogP contribution is 2.20. The van der Waals surface area contributed by atoms with Crippen molar-refractivity contribution < 1.29 is 9.53 Å². The van der Waals surface area contributed by atoms with Crippen LogP contribution in [0, 0.1) is 6.92 Å². The lowest BCUT2D eigenvalue weighted by Crippen LogP contribution is -2.33. The van der Waals surface area contributed by atoms with E-state index in [9.17, 15) is 9.59 Å². The van der Waals surface area contributed by atoms with Gasteiger partial charge in [-0.2, -0.15) is 0 Å². The third-order valence-electron chi connectivity index (χ3n) is 4.07. The molecule has 22 heavy (non-hydrogen) atoms. The molecule has 0 atom stereocenters. The molecule has 0 radical (unpaired) electrons. The van der Waals surface area contributed by atoms with Gasteiger partial charge in [0.25, 0.3) is 5.56 Å². The maximum atomic E-state index is 11.8. The molecule has 5 nitrogen and oxygen atoms in total. The molecule has 1 heterocycles. The lowest BCUT2D eigenvalue weighted by Gasteiger charge is -2.21. The van der Waals surface area contributed by atoms with Gasteiger partial charge in [-0.3, -0.25) is 9.59 Å². The molecule has 1 amide bonds. The minimum Gasteiger partial charge on any atom is -0.378 e. The summed E-state index contributed by atoms with van der Waals surface area (Å²) in [5.74, 6) is -0.134. The van der Waals surface area contributed by atoms with Crippen molar-refractivity contribution in [3.8, 4) is 0 Å². The number of nitrogens with zero attached hydrogens (tertiary/aromatic N) is 1. The number of aromatic nitrogens is 1.